The third kappa shape index (κ3) is 3.83. The molecule has 5 heteroatoms. The fourth-order valence-electron chi connectivity index (χ4n) is 3.13. The first-order valence-electron chi connectivity index (χ1n) is 8.04. The predicted molar refractivity (Wildman–Crippen MR) is 81.3 cm³/mol. The van der Waals surface area contributed by atoms with E-state index in [0.717, 1.165) is 12.2 Å². The lowest BCUT2D eigenvalue weighted by Gasteiger charge is -2.25. The fraction of sp³-hybridized carbons (Fsp3) is 0.812. The summed E-state index contributed by atoms with van der Waals surface area (Å²) in [6, 6.07) is 0. The lowest BCUT2D eigenvalue weighted by atomic mass is 9.87. The standard InChI is InChI=1S/C16H27N3O2/c1-5-21-15(20)13-14(16(2,3)4)19(18-17-13)11-12-9-7-6-8-10-12/h12H,5-11H2,1-4H3. The van der Waals surface area contributed by atoms with Crippen LogP contribution in [0.25, 0.3) is 0 Å². The maximum Gasteiger partial charge on any atom is 0.360 e. The summed E-state index contributed by atoms with van der Waals surface area (Å²) in [7, 11) is 0. The molecule has 1 aliphatic carbocycles. The van der Waals surface area contributed by atoms with Crippen LogP contribution in [-0.2, 0) is 16.7 Å². The van der Waals surface area contributed by atoms with E-state index in [1.54, 1.807) is 6.92 Å². The molecule has 0 saturated heterocycles. The van der Waals surface area contributed by atoms with Crippen molar-refractivity contribution in [3.63, 3.8) is 0 Å². The molecule has 118 valence electrons. The van der Waals surface area contributed by atoms with Crippen LogP contribution in [0.1, 0.15) is 76.0 Å². The number of carbonyl (C=O) groups excluding carboxylic acids is 1. The smallest absolute Gasteiger partial charge is 0.360 e. The van der Waals surface area contributed by atoms with E-state index < -0.39 is 0 Å². The summed E-state index contributed by atoms with van der Waals surface area (Å²) in [5, 5.41) is 8.35. The minimum absolute atomic E-state index is 0.180. The van der Waals surface area contributed by atoms with Crippen LogP contribution >= 0.6 is 0 Å². The Morgan fingerprint density at radius 1 is 1.29 bits per heavy atom. The normalized spacial score (nSPS) is 17.0. The van der Waals surface area contributed by atoms with E-state index in [4.69, 9.17) is 4.74 Å². The summed E-state index contributed by atoms with van der Waals surface area (Å²) in [5.41, 5.74) is 1.09. The first kappa shape index (κ1) is 16.0. The Hall–Kier alpha value is -1.39. The number of carbonyl (C=O) groups is 1. The van der Waals surface area contributed by atoms with Gasteiger partial charge in [-0.15, -0.1) is 5.10 Å². The van der Waals surface area contributed by atoms with Crippen LogP contribution in [0.3, 0.4) is 0 Å². The Balaban J connectivity index is 2.26. The van der Waals surface area contributed by atoms with Gasteiger partial charge >= 0.3 is 5.97 Å². The summed E-state index contributed by atoms with van der Waals surface area (Å²) in [4.78, 5) is 12.1. The second-order valence-electron chi connectivity index (χ2n) is 6.94. The first-order chi connectivity index (χ1) is 9.93. The predicted octanol–water partition coefficient (Wildman–Crippen LogP) is 3.33. The Kier molecular flexibility index (Phi) is 5.01. The molecule has 1 heterocycles. The van der Waals surface area contributed by atoms with Crippen LogP contribution in [0.4, 0.5) is 0 Å². The summed E-state index contributed by atoms with van der Waals surface area (Å²) in [6.45, 7) is 9.29. The van der Waals surface area contributed by atoms with Gasteiger partial charge in [0, 0.05) is 12.0 Å². The molecule has 0 amide bonds. The van der Waals surface area contributed by atoms with Gasteiger partial charge in [-0.25, -0.2) is 9.48 Å². The maximum absolute atomic E-state index is 12.1. The summed E-state index contributed by atoms with van der Waals surface area (Å²) in [5.74, 6) is 0.286. The molecule has 0 N–H and O–H groups in total. The molecule has 2 rings (SSSR count). The van der Waals surface area contributed by atoms with Crippen molar-refractivity contribution < 1.29 is 9.53 Å². The third-order valence-electron chi connectivity index (χ3n) is 4.07. The van der Waals surface area contributed by atoms with Crippen molar-refractivity contribution in [3.8, 4) is 0 Å². The second-order valence-corrected chi connectivity index (χ2v) is 6.94. The van der Waals surface area contributed by atoms with Gasteiger partial charge in [0.1, 0.15) is 0 Å². The SMILES string of the molecule is CCOC(=O)c1nnn(CC2CCCCC2)c1C(C)(C)C. The van der Waals surface area contributed by atoms with Crippen LogP contribution in [0.2, 0.25) is 0 Å². The second kappa shape index (κ2) is 6.58. The number of hydrogen-bond donors (Lipinski definition) is 0. The Labute approximate surface area is 127 Å². The monoisotopic (exact) mass is 293 g/mol. The molecule has 0 unspecified atom stereocenters. The van der Waals surface area contributed by atoms with E-state index in [9.17, 15) is 4.79 Å². The van der Waals surface area contributed by atoms with Gasteiger partial charge < -0.3 is 4.74 Å². The van der Waals surface area contributed by atoms with E-state index in [1.807, 2.05) is 4.68 Å². The zero-order valence-corrected chi connectivity index (χ0v) is 13.7. The van der Waals surface area contributed by atoms with Gasteiger partial charge in [-0.3, -0.25) is 0 Å². The highest BCUT2D eigenvalue weighted by molar-refractivity contribution is 5.88. The molecule has 1 fully saturated rings. The molecule has 0 atom stereocenters. The average Bonchev–Trinajstić information content (AvgIpc) is 2.84. The number of aromatic nitrogens is 3. The van der Waals surface area contributed by atoms with E-state index >= 15 is 0 Å². The van der Waals surface area contributed by atoms with E-state index in [1.165, 1.54) is 32.1 Å². The molecule has 0 bridgehead atoms. The number of esters is 1. The van der Waals surface area contributed by atoms with Crippen molar-refractivity contribution in [1.82, 2.24) is 15.0 Å². The molecular weight excluding hydrogens is 266 g/mol. The number of rotatable bonds is 4. The molecule has 0 spiro atoms. The minimum atomic E-state index is -0.364. The lowest BCUT2D eigenvalue weighted by molar-refractivity contribution is 0.0516. The lowest BCUT2D eigenvalue weighted by Crippen LogP contribution is -2.25. The molecule has 1 aliphatic rings. The highest BCUT2D eigenvalue weighted by Crippen LogP contribution is 2.29. The zero-order chi connectivity index (χ0) is 15.5. The minimum Gasteiger partial charge on any atom is -0.461 e. The van der Waals surface area contributed by atoms with Crippen LogP contribution in [0.15, 0.2) is 0 Å². The highest BCUT2D eigenvalue weighted by Gasteiger charge is 2.30. The molecule has 5 nitrogen and oxygen atoms in total. The van der Waals surface area contributed by atoms with Crippen LogP contribution in [0, 0.1) is 5.92 Å². The van der Waals surface area contributed by atoms with Crippen LogP contribution in [-0.4, -0.2) is 27.6 Å². The Bertz CT molecular complexity index is 482. The molecule has 0 radical (unpaired) electrons. The van der Waals surface area contributed by atoms with Crippen LogP contribution in [0.5, 0.6) is 0 Å². The summed E-state index contributed by atoms with van der Waals surface area (Å²) < 4.78 is 7.05. The Morgan fingerprint density at radius 2 is 1.95 bits per heavy atom. The topological polar surface area (TPSA) is 57.0 Å². The average molecular weight is 293 g/mol. The van der Waals surface area contributed by atoms with E-state index in [-0.39, 0.29) is 11.4 Å². The van der Waals surface area contributed by atoms with Gasteiger partial charge in [0.15, 0.2) is 5.69 Å². The number of nitrogens with zero attached hydrogens (tertiary/aromatic N) is 3. The molecular formula is C16H27N3O2. The van der Waals surface area contributed by atoms with Gasteiger partial charge in [-0.2, -0.15) is 0 Å². The zero-order valence-electron chi connectivity index (χ0n) is 13.7. The van der Waals surface area contributed by atoms with Crippen molar-refractivity contribution in [1.29, 1.82) is 0 Å². The van der Waals surface area contributed by atoms with Crippen molar-refractivity contribution in [3.05, 3.63) is 11.4 Å². The number of hydrogen-bond acceptors (Lipinski definition) is 4. The van der Waals surface area contributed by atoms with Crippen molar-refractivity contribution in [2.75, 3.05) is 6.61 Å². The van der Waals surface area contributed by atoms with Gasteiger partial charge in [-0.1, -0.05) is 45.2 Å². The van der Waals surface area contributed by atoms with Gasteiger partial charge in [0.05, 0.1) is 12.3 Å². The molecule has 1 aromatic heterocycles. The molecule has 0 aromatic carbocycles. The van der Waals surface area contributed by atoms with Crippen molar-refractivity contribution >= 4 is 5.97 Å². The van der Waals surface area contributed by atoms with E-state index in [0.29, 0.717) is 18.2 Å². The Morgan fingerprint density at radius 3 is 2.52 bits per heavy atom. The highest BCUT2D eigenvalue weighted by atomic mass is 16.5. The molecule has 1 aromatic rings. The summed E-state index contributed by atoms with van der Waals surface area (Å²) in [6.07, 6.45) is 6.44. The maximum atomic E-state index is 12.1. The van der Waals surface area contributed by atoms with E-state index in [2.05, 4.69) is 31.1 Å². The quantitative estimate of drug-likeness (QED) is 0.799. The van der Waals surface area contributed by atoms with Gasteiger partial charge in [-0.05, 0) is 25.7 Å². The first-order valence-corrected chi connectivity index (χ1v) is 8.04. The van der Waals surface area contributed by atoms with Crippen molar-refractivity contribution in [2.45, 2.75) is 71.8 Å². The number of ether oxygens (including phenoxy) is 1. The van der Waals surface area contributed by atoms with Crippen LogP contribution < -0.4 is 0 Å². The van der Waals surface area contributed by atoms with Gasteiger partial charge in [0.2, 0.25) is 0 Å². The fourth-order valence-corrected chi connectivity index (χ4v) is 3.13. The third-order valence-corrected chi connectivity index (χ3v) is 4.07. The molecule has 1 saturated carbocycles. The van der Waals surface area contributed by atoms with Gasteiger partial charge in [0.25, 0.3) is 0 Å². The summed E-state index contributed by atoms with van der Waals surface area (Å²) >= 11 is 0. The molecule has 21 heavy (non-hydrogen) atoms. The largest absolute Gasteiger partial charge is 0.461 e. The molecule has 0 aliphatic heterocycles. The van der Waals surface area contributed by atoms with Crippen molar-refractivity contribution in [2.24, 2.45) is 5.92 Å².